The summed E-state index contributed by atoms with van der Waals surface area (Å²) in [6, 6.07) is 4.11. The number of nitrogen functional groups attached to an aromatic ring is 1. The van der Waals surface area contributed by atoms with Gasteiger partial charge in [-0.3, -0.25) is 4.79 Å². The van der Waals surface area contributed by atoms with Crippen molar-refractivity contribution in [3.8, 4) is 0 Å². The number of hydrogen-bond donors (Lipinski definition) is 1. The Morgan fingerprint density at radius 2 is 2.00 bits per heavy atom. The lowest BCUT2D eigenvalue weighted by atomic mass is 10.2. The number of carbonyl (C=O) groups is 1. The minimum Gasteiger partial charge on any atom is -0.397 e. The van der Waals surface area contributed by atoms with Crippen LogP contribution in [-0.2, 0) is 4.79 Å². The second-order valence-electron chi connectivity index (χ2n) is 3.49. The van der Waals surface area contributed by atoms with Crippen LogP contribution < -0.4 is 10.6 Å². The molecule has 0 aliphatic rings. The summed E-state index contributed by atoms with van der Waals surface area (Å²) in [6.07, 6.45) is -4.07. The van der Waals surface area contributed by atoms with Crippen LogP contribution in [0.3, 0.4) is 0 Å². The predicted octanol–water partition coefficient (Wildman–Crippen LogP) is 2.89. The molecular formula is C10H9BrF4N2O. The Hall–Kier alpha value is -1.31. The Kier molecular flexibility index (Phi) is 4.20. The number of rotatable bonds is 3. The van der Waals surface area contributed by atoms with Crippen molar-refractivity contribution in [2.75, 3.05) is 17.7 Å². The first-order chi connectivity index (χ1) is 8.17. The molecule has 0 spiro atoms. The van der Waals surface area contributed by atoms with E-state index >= 15 is 0 Å². The standard InChI is InChI=1S/C10H9BrF4N2O/c1-17(9(18)10(14,15)8(12)13)7-3-2-5(11)4-6(7)16/h2-4,8H,16H2,1H3. The molecule has 0 fully saturated rings. The third kappa shape index (κ3) is 2.74. The number of nitrogens with zero attached hydrogens (tertiary/aromatic N) is 1. The number of alkyl halides is 4. The molecule has 3 nitrogen and oxygen atoms in total. The van der Waals surface area contributed by atoms with Gasteiger partial charge in [0.1, 0.15) is 0 Å². The van der Waals surface area contributed by atoms with Gasteiger partial charge in [-0.1, -0.05) is 15.9 Å². The first-order valence-corrected chi connectivity index (χ1v) is 5.46. The van der Waals surface area contributed by atoms with Gasteiger partial charge in [-0.15, -0.1) is 0 Å². The molecule has 0 saturated heterocycles. The lowest BCUT2D eigenvalue weighted by Crippen LogP contribution is -2.46. The first-order valence-electron chi connectivity index (χ1n) is 4.67. The van der Waals surface area contributed by atoms with Crippen molar-refractivity contribution >= 4 is 33.2 Å². The highest BCUT2D eigenvalue weighted by Gasteiger charge is 2.50. The summed E-state index contributed by atoms with van der Waals surface area (Å²) in [4.78, 5) is 11.7. The van der Waals surface area contributed by atoms with Crippen LogP contribution in [0.2, 0.25) is 0 Å². The molecular weight excluding hydrogens is 320 g/mol. The van der Waals surface area contributed by atoms with Gasteiger partial charge in [0.15, 0.2) is 0 Å². The molecule has 1 aromatic carbocycles. The zero-order valence-corrected chi connectivity index (χ0v) is 10.7. The molecule has 0 aliphatic carbocycles. The summed E-state index contributed by atoms with van der Waals surface area (Å²) in [5.41, 5.74) is 5.48. The summed E-state index contributed by atoms with van der Waals surface area (Å²) in [6.45, 7) is 0. The van der Waals surface area contributed by atoms with Crippen molar-refractivity contribution in [2.45, 2.75) is 12.3 Å². The summed E-state index contributed by atoms with van der Waals surface area (Å²) in [5.74, 6) is -6.75. The average Bonchev–Trinajstić information content (AvgIpc) is 2.26. The smallest absolute Gasteiger partial charge is 0.384 e. The molecule has 0 saturated carbocycles. The third-order valence-electron chi connectivity index (χ3n) is 2.21. The van der Waals surface area contributed by atoms with E-state index in [2.05, 4.69) is 15.9 Å². The number of benzene rings is 1. The maximum atomic E-state index is 12.9. The largest absolute Gasteiger partial charge is 0.397 e. The minimum absolute atomic E-state index is 0.0188. The van der Waals surface area contributed by atoms with Gasteiger partial charge in [-0.05, 0) is 18.2 Å². The molecule has 8 heteroatoms. The van der Waals surface area contributed by atoms with Gasteiger partial charge < -0.3 is 10.6 Å². The van der Waals surface area contributed by atoms with Gasteiger partial charge in [0.05, 0.1) is 11.4 Å². The van der Waals surface area contributed by atoms with Crippen LogP contribution in [0.5, 0.6) is 0 Å². The second kappa shape index (κ2) is 5.13. The quantitative estimate of drug-likeness (QED) is 0.685. The molecule has 1 amide bonds. The SMILES string of the molecule is CN(C(=O)C(F)(F)C(F)F)c1ccc(Br)cc1N. The fourth-order valence-corrected chi connectivity index (χ4v) is 1.64. The highest BCUT2D eigenvalue weighted by atomic mass is 79.9. The van der Waals surface area contributed by atoms with Gasteiger partial charge in [0.25, 0.3) is 0 Å². The average molecular weight is 329 g/mol. The Morgan fingerprint density at radius 3 is 2.44 bits per heavy atom. The van der Waals surface area contributed by atoms with Crippen LogP contribution >= 0.6 is 15.9 Å². The van der Waals surface area contributed by atoms with Crippen molar-refractivity contribution in [2.24, 2.45) is 0 Å². The lowest BCUT2D eigenvalue weighted by Gasteiger charge is -2.24. The van der Waals surface area contributed by atoms with Crippen LogP contribution in [-0.4, -0.2) is 25.3 Å². The highest BCUT2D eigenvalue weighted by Crippen LogP contribution is 2.31. The fourth-order valence-electron chi connectivity index (χ4n) is 1.26. The van der Waals surface area contributed by atoms with Crippen molar-refractivity contribution in [1.82, 2.24) is 0 Å². The van der Waals surface area contributed by atoms with Gasteiger partial charge in [-0.2, -0.15) is 8.78 Å². The highest BCUT2D eigenvalue weighted by molar-refractivity contribution is 9.10. The maximum Gasteiger partial charge on any atom is 0.384 e. The Bertz CT molecular complexity index is 467. The molecule has 0 bridgehead atoms. The number of carbonyl (C=O) groups excluding carboxylic acids is 1. The van der Waals surface area contributed by atoms with E-state index in [1.165, 1.54) is 18.2 Å². The Labute approximate surface area is 109 Å². The van der Waals surface area contributed by atoms with Gasteiger partial charge >= 0.3 is 18.3 Å². The van der Waals surface area contributed by atoms with Crippen molar-refractivity contribution in [3.05, 3.63) is 22.7 Å². The molecule has 2 N–H and O–H groups in total. The molecule has 100 valence electrons. The summed E-state index contributed by atoms with van der Waals surface area (Å²) in [5, 5.41) is 0. The summed E-state index contributed by atoms with van der Waals surface area (Å²) < 4.78 is 50.5. The van der Waals surface area contributed by atoms with E-state index in [0.717, 1.165) is 7.05 Å². The van der Waals surface area contributed by atoms with E-state index in [0.29, 0.717) is 9.37 Å². The Balaban J connectivity index is 3.07. The van der Waals surface area contributed by atoms with Crippen LogP contribution in [0.1, 0.15) is 0 Å². The summed E-state index contributed by atoms with van der Waals surface area (Å²) >= 11 is 3.09. The van der Waals surface area contributed by atoms with E-state index in [9.17, 15) is 22.4 Å². The van der Waals surface area contributed by atoms with Crippen LogP contribution in [0.25, 0.3) is 0 Å². The van der Waals surface area contributed by atoms with Crippen molar-refractivity contribution in [3.63, 3.8) is 0 Å². The summed E-state index contributed by atoms with van der Waals surface area (Å²) in [7, 11) is 0.957. The van der Waals surface area contributed by atoms with Crippen LogP contribution in [0.4, 0.5) is 28.9 Å². The normalized spacial score (nSPS) is 11.7. The first kappa shape index (κ1) is 14.7. The minimum atomic E-state index is -4.74. The van der Waals surface area contributed by atoms with Crippen molar-refractivity contribution < 1.29 is 22.4 Å². The van der Waals surface area contributed by atoms with E-state index in [1.54, 1.807) is 0 Å². The number of hydrogen-bond acceptors (Lipinski definition) is 2. The predicted molar refractivity (Wildman–Crippen MR) is 62.9 cm³/mol. The van der Waals surface area contributed by atoms with Gasteiger partial charge in [0, 0.05) is 11.5 Å². The van der Waals surface area contributed by atoms with Crippen molar-refractivity contribution in [1.29, 1.82) is 0 Å². The van der Waals surface area contributed by atoms with E-state index in [-0.39, 0.29) is 11.4 Å². The molecule has 1 rings (SSSR count). The zero-order chi connectivity index (χ0) is 14.1. The third-order valence-corrected chi connectivity index (χ3v) is 2.71. The molecule has 0 aromatic heterocycles. The zero-order valence-electron chi connectivity index (χ0n) is 9.13. The van der Waals surface area contributed by atoms with Gasteiger partial charge in [-0.25, -0.2) is 8.78 Å². The van der Waals surface area contributed by atoms with E-state index < -0.39 is 18.3 Å². The van der Waals surface area contributed by atoms with E-state index in [4.69, 9.17) is 5.73 Å². The van der Waals surface area contributed by atoms with Gasteiger partial charge in [0.2, 0.25) is 0 Å². The topological polar surface area (TPSA) is 46.3 Å². The number of amides is 1. The van der Waals surface area contributed by atoms with E-state index in [1.807, 2.05) is 0 Å². The molecule has 18 heavy (non-hydrogen) atoms. The fraction of sp³-hybridized carbons (Fsp3) is 0.300. The number of halogens is 5. The van der Waals surface area contributed by atoms with Crippen LogP contribution in [0, 0.1) is 0 Å². The molecule has 0 aliphatic heterocycles. The lowest BCUT2D eigenvalue weighted by molar-refractivity contribution is -0.166. The molecule has 1 aromatic rings. The molecule has 0 atom stereocenters. The Morgan fingerprint density at radius 1 is 1.44 bits per heavy atom. The molecule has 0 radical (unpaired) electrons. The second-order valence-corrected chi connectivity index (χ2v) is 4.41. The number of anilines is 2. The number of nitrogens with two attached hydrogens (primary N) is 1. The maximum absolute atomic E-state index is 12.9. The van der Waals surface area contributed by atoms with Crippen LogP contribution in [0.15, 0.2) is 22.7 Å². The molecule has 0 unspecified atom stereocenters. The monoisotopic (exact) mass is 328 g/mol. The molecule has 0 heterocycles.